The summed E-state index contributed by atoms with van der Waals surface area (Å²) in [5.41, 5.74) is 1.97. The summed E-state index contributed by atoms with van der Waals surface area (Å²) in [5.74, 6) is 0.105. The number of allylic oxidation sites excluding steroid dienone is 1. The lowest BCUT2D eigenvalue weighted by Crippen LogP contribution is -2.40. The predicted octanol–water partition coefficient (Wildman–Crippen LogP) is 4.15. The minimum atomic E-state index is -0.789. The van der Waals surface area contributed by atoms with Gasteiger partial charge in [0, 0.05) is 24.6 Å². The standard InChI is InChI=1S/C21H30N2O3/c1-3-5-9-17(8-4-2)21(26)23-15-7-10-16-13-14-18(22-20(16)23)11-6-12-19(24)25/h4,13-14,17H,2-3,5-12,15H2,1H3,(H,24,25). The van der Waals surface area contributed by atoms with Crippen molar-refractivity contribution in [2.45, 2.75) is 64.7 Å². The zero-order valence-electron chi connectivity index (χ0n) is 15.7. The van der Waals surface area contributed by atoms with Crippen molar-refractivity contribution in [1.29, 1.82) is 0 Å². The van der Waals surface area contributed by atoms with Gasteiger partial charge in [0.1, 0.15) is 5.82 Å². The second-order valence-electron chi connectivity index (χ2n) is 6.99. The van der Waals surface area contributed by atoms with Gasteiger partial charge in [-0.15, -0.1) is 6.58 Å². The first-order chi connectivity index (χ1) is 12.6. The van der Waals surface area contributed by atoms with Gasteiger partial charge in [0.2, 0.25) is 5.91 Å². The van der Waals surface area contributed by atoms with Crippen LogP contribution in [-0.2, 0) is 22.4 Å². The first kappa shape index (κ1) is 20.1. The van der Waals surface area contributed by atoms with Crippen molar-refractivity contribution in [3.63, 3.8) is 0 Å². The van der Waals surface area contributed by atoms with Crippen molar-refractivity contribution in [2.75, 3.05) is 11.4 Å². The number of aromatic nitrogens is 1. The third-order valence-corrected chi connectivity index (χ3v) is 4.89. The van der Waals surface area contributed by atoms with Crippen LogP contribution in [0.4, 0.5) is 5.82 Å². The topological polar surface area (TPSA) is 70.5 Å². The maximum Gasteiger partial charge on any atom is 0.303 e. The van der Waals surface area contributed by atoms with Gasteiger partial charge in [-0.2, -0.15) is 0 Å². The minimum Gasteiger partial charge on any atom is -0.481 e. The number of carboxylic acids is 1. The monoisotopic (exact) mass is 358 g/mol. The number of carboxylic acid groups (broad SMARTS) is 1. The third kappa shape index (κ3) is 5.41. The molecule has 0 saturated heterocycles. The zero-order chi connectivity index (χ0) is 18.9. The van der Waals surface area contributed by atoms with Crippen molar-refractivity contribution in [3.8, 4) is 0 Å². The van der Waals surface area contributed by atoms with Gasteiger partial charge in [-0.05, 0) is 50.2 Å². The summed E-state index contributed by atoms with van der Waals surface area (Å²) in [6.07, 6.45) is 8.72. The van der Waals surface area contributed by atoms with Gasteiger partial charge >= 0.3 is 5.97 Å². The first-order valence-corrected chi connectivity index (χ1v) is 9.69. The summed E-state index contributed by atoms with van der Waals surface area (Å²) < 4.78 is 0. The number of anilines is 1. The zero-order valence-corrected chi connectivity index (χ0v) is 15.7. The lowest BCUT2D eigenvalue weighted by atomic mass is 9.95. The number of aryl methyl sites for hydroxylation is 2. The van der Waals surface area contributed by atoms with E-state index in [0.29, 0.717) is 25.8 Å². The number of aliphatic carboxylic acids is 1. The van der Waals surface area contributed by atoms with E-state index in [1.54, 1.807) is 0 Å². The Morgan fingerprint density at radius 3 is 2.88 bits per heavy atom. The summed E-state index contributed by atoms with van der Waals surface area (Å²) in [4.78, 5) is 30.4. The molecule has 142 valence electrons. The first-order valence-electron chi connectivity index (χ1n) is 9.69. The Labute approximate surface area is 156 Å². The van der Waals surface area contributed by atoms with Crippen LogP contribution in [0.3, 0.4) is 0 Å². The molecule has 2 heterocycles. The number of hydrogen-bond acceptors (Lipinski definition) is 3. The fraction of sp³-hybridized carbons (Fsp3) is 0.571. The molecule has 1 N–H and O–H groups in total. The molecule has 5 heteroatoms. The van der Waals surface area contributed by atoms with Crippen LogP contribution in [0.25, 0.3) is 0 Å². The Hall–Kier alpha value is -2.17. The van der Waals surface area contributed by atoms with E-state index in [4.69, 9.17) is 10.1 Å². The van der Waals surface area contributed by atoms with Gasteiger partial charge in [-0.25, -0.2) is 4.98 Å². The van der Waals surface area contributed by atoms with Crippen LogP contribution < -0.4 is 4.90 Å². The normalized spacial score (nSPS) is 14.6. The highest BCUT2D eigenvalue weighted by Crippen LogP contribution is 2.29. The molecule has 5 nitrogen and oxygen atoms in total. The van der Waals surface area contributed by atoms with Crippen molar-refractivity contribution in [3.05, 3.63) is 36.0 Å². The summed E-state index contributed by atoms with van der Waals surface area (Å²) in [6, 6.07) is 4.01. The fourth-order valence-corrected chi connectivity index (χ4v) is 3.47. The molecule has 26 heavy (non-hydrogen) atoms. The van der Waals surface area contributed by atoms with E-state index in [-0.39, 0.29) is 18.2 Å². The van der Waals surface area contributed by atoms with Crippen molar-refractivity contribution < 1.29 is 14.7 Å². The molecule has 0 fully saturated rings. The van der Waals surface area contributed by atoms with Crippen molar-refractivity contribution in [1.82, 2.24) is 4.98 Å². The third-order valence-electron chi connectivity index (χ3n) is 4.89. The molecule has 1 atom stereocenters. The average Bonchev–Trinajstić information content (AvgIpc) is 2.63. The molecule has 1 aliphatic rings. The van der Waals surface area contributed by atoms with Crippen LogP contribution in [0.1, 0.15) is 63.1 Å². The smallest absolute Gasteiger partial charge is 0.303 e. The molecule has 0 bridgehead atoms. The van der Waals surface area contributed by atoms with Gasteiger partial charge in [0.15, 0.2) is 0 Å². The Kier molecular flexibility index (Phi) is 7.82. The Morgan fingerprint density at radius 2 is 2.19 bits per heavy atom. The molecule has 0 aliphatic carbocycles. The SMILES string of the molecule is C=CCC(CCCC)C(=O)N1CCCc2ccc(CCCC(=O)O)nc21. The largest absolute Gasteiger partial charge is 0.481 e. The van der Waals surface area contributed by atoms with E-state index < -0.39 is 5.97 Å². The van der Waals surface area contributed by atoms with Crippen molar-refractivity contribution >= 4 is 17.7 Å². The lowest BCUT2D eigenvalue weighted by molar-refractivity contribution is -0.137. The average molecular weight is 358 g/mol. The van der Waals surface area contributed by atoms with Crippen LogP contribution in [0.5, 0.6) is 0 Å². The highest BCUT2D eigenvalue weighted by atomic mass is 16.4. The lowest BCUT2D eigenvalue weighted by Gasteiger charge is -2.31. The second kappa shape index (κ2) is 10.1. The summed E-state index contributed by atoms with van der Waals surface area (Å²) in [6.45, 7) is 6.65. The van der Waals surface area contributed by atoms with Crippen molar-refractivity contribution in [2.24, 2.45) is 5.92 Å². The van der Waals surface area contributed by atoms with Crippen LogP contribution in [-0.4, -0.2) is 28.5 Å². The molecular formula is C21H30N2O3. The molecule has 1 aromatic rings. The van der Waals surface area contributed by atoms with Gasteiger partial charge in [0.05, 0.1) is 0 Å². The van der Waals surface area contributed by atoms with E-state index in [0.717, 1.165) is 49.2 Å². The van der Waals surface area contributed by atoms with E-state index >= 15 is 0 Å². The highest BCUT2D eigenvalue weighted by molar-refractivity contribution is 5.95. The number of unbranched alkanes of at least 4 members (excludes halogenated alkanes) is 1. The van der Waals surface area contributed by atoms with E-state index in [9.17, 15) is 9.59 Å². The molecule has 1 unspecified atom stereocenters. The van der Waals surface area contributed by atoms with Crippen LogP contribution in [0.15, 0.2) is 24.8 Å². The quantitative estimate of drug-likeness (QED) is 0.638. The molecule has 1 aliphatic heterocycles. The minimum absolute atomic E-state index is 0.0316. The van der Waals surface area contributed by atoms with Crippen LogP contribution in [0.2, 0.25) is 0 Å². The Balaban J connectivity index is 2.17. The maximum atomic E-state index is 13.1. The fourth-order valence-electron chi connectivity index (χ4n) is 3.47. The second-order valence-corrected chi connectivity index (χ2v) is 6.99. The van der Waals surface area contributed by atoms with E-state index in [1.807, 2.05) is 23.1 Å². The molecule has 0 aromatic carbocycles. The highest BCUT2D eigenvalue weighted by Gasteiger charge is 2.29. The molecule has 0 radical (unpaired) electrons. The number of carbonyl (C=O) groups is 2. The summed E-state index contributed by atoms with van der Waals surface area (Å²) >= 11 is 0. The number of amides is 1. The Morgan fingerprint density at radius 1 is 1.38 bits per heavy atom. The number of nitrogens with zero attached hydrogens (tertiary/aromatic N) is 2. The number of hydrogen-bond donors (Lipinski definition) is 1. The van der Waals surface area contributed by atoms with E-state index in [1.165, 1.54) is 0 Å². The maximum absolute atomic E-state index is 13.1. The molecule has 2 rings (SSSR count). The number of rotatable bonds is 10. The van der Waals surface area contributed by atoms with Crippen LogP contribution >= 0.6 is 0 Å². The van der Waals surface area contributed by atoms with Gasteiger partial charge in [0.25, 0.3) is 0 Å². The Bertz CT molecular complexity index is 642. The van der Waals surface area contributed by atoms with Gasteiger partial charge in [-0.1, -0.05) is 31.9 Å². The predicted molar refractivity (Wildman–Crippen MR) is 103 cm³/mol. The number of fused-ring (bicyclic) bond motifs is 1. The van der Waals surface area contributed by atoms with Crippen LogP contribution in [0, 0.1) is 5.92 Å². The summed E-state index contributed by atoms with van der Waals surface area (Å²) in [7, 11) is 0. The van der Waals surface area contributed by atoms with Gasteiger partial charge in [-0.3, -0.25) is 14.5 Å². The molecule has 1 aromatic heterocycles. The number of pyridine rings is 1. The van der Waals surface area contributed by atoms with Gasteiger partial charge < -0.3 is 5.11 Å². The molecular weight excluding hydrogens is 328 g/mol. The molecule has 0 saturated carbocycles. The molecule has 0 spiro atoms. The molecule has 1 amide bonds. The number of carbonyl (C=O) groups excluding carboxylic acids is 1. The summed E-state index contributed by atoms with van der Waals surface area (Å²) in [5, 5.41) is 8.80. The van der Waals surface area contributed by atoms with E-state index in [2.05, 4.69) is 13.5 Å².